The van der Waals surface area contributed by atoms with Gasteiger partial charge in [0.05, 0.1) is 7.11 Å². The number of rotatable bonds is 3. The van der Waals surface area contributed by atoms with Crippen LogP contribution in [0.15, 0.2) is 24.3 Å². The molecule has 0 bridgehead atoms. The van der Waals surface area contributed by atoms with Gasteiger partial charge < -0.3 is 4.74 Å². The van der Waals surface area contributed by atoms with Crippen LogP contribution in [0.4, 0.5) is 0 Å². The molecule has 0 aromatic heterocycles. The SMILES string of the molecule is COc1cccc(C(C)C2CCCN(C)N2)c1. The normalized spacial score (nSPS) is 23.4. The summed E-state index contributed by atoms with van der Waals surface area (Å²) in [6.45, 7) is 3.42. The third-order valence-corrected chi connectivity index (χ3v) is 3.62. The highest BCUT2D eigenvalue weighted by Crippen LogP contribution is 2.26. The van der Waals surface area contributed by atoms with Gasteiger partial charge in [-0.2, -0.15) is 0 Å². The summed E-state index contributed by atoms with van der Waals surface area (Å²) in [4.78, 5) is 0. The van der Waals surface area contributed by atoms with Crippen LogP contribution in [-0.2, 0) is 0 Å². The molecule has 2 unspecified atom stereocenters. The summed E-state index contributed by atoms with van der Waals surface area (Å²) in [5, 5.41) is 2.20. The van der Waals surface area contributed by atoms with Gasteiger partial charge in [-0.25, -0.2) is 5.01 Å². The molecule has 2 rings (SSSR count). The van der Waals surface area contributed by atoms with Gasteiger partial charge in [-0.3, -0.25) is 5.43 Å². The van der Waals surface area contributed by atoms with Gasteiger partial charge in [0, 0.05) is 19.6 Å². The highest BCUT2D eigenvalue weighted by molar-refractivity contribution is 5.31. The Morgan fingerprint density at radius 1 is 1.47 bits per heavy atom. The lowest BCUT2D eigenvalue weighted by Crippen LogP contribution is -2.49. The lowest BCUT2D eigenvalue weighted by Gasteiger charge is -2.35. The zero-order valence-electron chi connectivity index (χ0n) is 10.9. The van der Waals surface area contributed by atoms with E-state index >= 15 is 0 Å². The standard InChI is InChI=1S/C14H22N2O/c1-11(14-8-5-9-16(2)15-14)12-6-4-7-13(10-12)17-3/h4,6-7,10-11,14-15H,5,8-9H2,1-3H3. The molecule has 17 heavy (non-hydrogen) atoms. The number of nitrogens with zero attached hydrogens (tertiary/aromatic N) is 1. The van der Waals surface area contributed by atoms with Gasteiger partial charge in [-0.15, -0.1) is 0 Å². The molecule has 0 aliphatic carbocycles. The predicted octanol–water partition coefficient (Wildman–Crippen LogP) is 2.40. The quantitative estimate of drug-likeness (QED) is 0.869. The summed E-state index contributed by atoms with van der Waals surface area (Å²) >= 11 is 0. The molecule has 1 saturated heterocycles. The zero-order valence-corrected chi connectivity index (χ0v) is 10.9. The second kappa shape index (κ2) is 5.52. The molecule has 3 nitrogen and oxygen atoms in total. The first-order valence-corrected chi connectivity index (χ1v) is 6.32. The van der Waals surface area contributed by atoms with Crippen LogP contribution >= 0.6 is 0 Å². The van der Waals surface area contributed by atoms with Crippen LogP contribution in [0, 0.1) is 0 Å². The second-order valence-corrected chi connectivity index (χ2v) is 4.86. The van der Waals surface area contributed by atoms with Crippen LogP contribution < -0.4 is 10.2 Å². The summed E-state index contributed by atoms with van der Waals surface area (Å²) in [6.07, 6.45) is 2.51. The number of nitrogens with one attached hydrogen (secondary N) is 1. The average Bonchev–Trinajstić information content (AvgIpc) is 2.38. The number of hydrazine groups is 1. The Morgan fingerprint density at radius 2 is 2.29 bits per heavy atom. The molecular weight excluding hydrogens is 212 g/mol. The maximum absolute atomic E-state index is 5.28. The third kappa shape index (κ3) is 2.99. The molecule has 0 radical (unpaired) electrons. The molecule has 1 aromatic rings. The van der Waals surface area contributed by atoms with Crippen molar-refractivity contribution >= 4 is 0 Å². The highest BCUT2D eigenvalue weighted by Gasteiger charge is 2.23. The summed E-state index contributed by atoms with van der Waals surface area (Å²) in [5.74, 6) is 1.45. The molecule has 94 valence electrons. The molecule has 1 aliphatic heterocycles. The minimum absolute atomic E-state index is 0.507. The monoisotopic (exact) mass is 234 g/mol. The third-order valence-electron chi connectivity index (χ3n) is 3.62. The number of hydrogen-bond donors (Lipinski definition) is 1. The van der Waals surface area contributed by atoms with Crippen molar-refractivity contribution in [1.82, 2.24) is 10.4 Å². The van der Waals surface area contributed by atoms with Crippen LogP contribution in [0.2, 0.25) is 0 Å². The molecule has 1 fully saturated rings. The van der Waals surface area contributed by atoms with Crippen molar-refractivity contribution in [2.45, 2.75) is 31.7 Å². The molecule has 1 aromatic carbocycles. The van der Waals surface area contributed by atoms with Crippen molar-refractivity contribution in [3.05, 3.63) is 29.8 Å². The summed E-state index contributed by atoms with van der Waals surface area (Å²) in [7, 11) is 3.83. The predicted molar refractivity (Wildman–Crippen MR) is 70.2 cm³/mol. The van der Waals surface area contributed by atoms with Crippen molar-refractivity contribution in [3.8, 4) is 5.75 Å². The van der Waals surface area contributed by atoms with Gasteiger partial charge in [0.2, 0.25) is 0 Å². The van der Waals surface area contributed by atoms with E-state index in [9.17, 15) is 0 Å². The fourth-order valence-corrected chi connectivity index (χ4v) is 2.48. The lowest BCUT2D eigenvalue weighted by molar-refractivity contribution is 0.134. The molecular formula is C14H22N2O. The fraction of sp³-hybridized carbons (Fsp3) is 0.571. The number of ether oxygens (including phenoxy) is 1. The Morgan fingerprint density at radius 3 is 3.00 bits per heavy atom. The molecule has 1 N–H and O–H groups in total. The van der Waals surface area contributed by atoms with Crippen LogP contribution in [0.3, 0.4) is 0 Å². The largest absolute Gasteiger partial charge is 0.497 e. The lowest BCUT2D eigenvalue weighted by atomic mass is 9.90. The van der Waals surface area contributed by atoms with E-state index in [2.05, 4.69) is 42.6 Å². The molecule has 3 heteroatoms. The van der Waals surface area contributed by atoms with Crippen LogP contribution in [-0.4, -0.2) is 31.8 Å². The van der Waals surface area contributed by atoms with Crippen molar-refractivity contribution in [2.75, 3.05) is 20.7 Å². The molecule has 1 aliphatic rings. The summed E-state index contributed by atoms with van der Waals surface area (Å²) in [6, 6.07) is 8.92. The Hall–Kier alpha value is -1.06. The topological polar surface area (TPSA) is 24.5 Å². The van der Waals surface area contributed by atoms with Gasteiger partial charge in [0.25, 0.3) is 0 Å². The van der Waals surface area contributed by atoms with E-state index in [1.807, 2.05) is 6.07 Å². The first kappa shape index (κ1) is 12.4. The maximum Gasteiger partial charge on any atom is 0.119 e. The minimum Gasteiger partial charge on any atom is -0.497 e. The first-order valence-electron chi connectivity index (χ1n) is 6.32. The van der Waals surface area contributed by atoms with E-state index < -0.39 is 0 Å². The van der Waals surface area contributed by atoms with E-state index in [0.29, 0.717) is 12.0 Å². The first-order chi connectivity index (χ1) is 8.20. The smallest absolute Gasteiger partial charge is 0.119 e. The fourth-order valence-electron chi connectivity index (χ4n) is 2.48. The van der Waals surface area contributed by atoms with Crippen LogP contribution in [0.5, 0.6) is 5.75 Å². The van der Waals surface area contributed by atoms with E-state index in [-0.39, 0.29) is 0 Å². The van der Waals surface area contributed by atoms with Gasteiger partial charge >= 0.3 is 0 Å². The molecule has 0 amide bonds. The maximum atomic E-state index is 5.28. The van der Waals surface area contributed by atoms with E-state index in [1.54, 1.807) is 7.11 Å². The van der Waals surface area contributed by atoms with Crippen molar-refractivity contribution in [3.63, 3.8) is 0 Å². The van der Waals surface area contributed by atoms with Crippen molar-refractivity contribution < 1.29 is 4.74 Å². The minimum atomic E-state index is 0.507. The Balaban J connectivity index is 2.09. The number of hydrogen-bond acceptors (Lipinski definition) is 3. The van der Waals surface area contributed by atoms with Gasteiger partial charge in [-0.05, 0) is 36.5 Å². The van der Waals surface area contributed by atoms with E-state index in [1.165, 1.54) is 18.4 Å². The van der Waals surface area contributed by atoms with Gasteiger partial charge in [-0.1, -0.05) is 19.1 Å². The molecule has 2 atom stereocenters. The Bertz CT molecular complexity index is 367. The second-order valence-electron chi connectivity index (χ2n) is 4.86. The van der Waals surface area contributed by atoms with E-state index in [0.717, 1.165) is 12.3 Å². The van der Waals surface area contributed by atoms with E-state index in [4.69, 9.17) is 4.74 Å². The number of methoxy groups -OCH3 is 1. The highest BCUT2D eigenvalue weighted by atomic mass is 16.5. The summed E-state index contributed by atoms with van der Waals surface area (Å²) < 4.78 is 5.28. The molecule has 0 spiro atoms. The average molecular weight is 234 g/mol. The molecule has 0 saturated carbocycles. The Kier molecular flexibility index (Phi) is 4.02. The summed E-state index contributed by atoms with van der Waals surface area (Å²) in [5.41, 5.74) is 4.89. The van der Waals surface area contributed by atoms with Crippen LogP contribution in [0.25, 0.3) is 0 Å². The zero-order chi connectivity index (χ0) is 12.3. The Labute approximate surface area is 104 Å². The molecule has 1 heterocycles. The number of benzene rings is 1. The van der Waals surface area contributed by atoms with Crippen LogP contribution in [0.1, 0.15) is 31.2 Å². The van der Waals surface area contributed by atoms with Gasteiger partial charge in [0.1, 0.15) is 5.75 Å². The van der Waals surface area contributed by atoms with Crippen molar-refractivity contribution in [1.29, 1.82) is 0 Å². The van der Waals surface area contributed by atoms with Gasteiger partial charge in [0.15, 0.2) is 0 Å². The van der Waals surface area contributed by atoms with Crippen molar-refractivity contribution in [2.24, 2.45) is 0 Å².